The third-order valence-electron chi connectivity index (χ3n) is 2.54. The number of aliphatic hydroxyl groups excluding tert-OH is 1. The highest BCUT2D eigenvalue weighted by atomic mass is 16.5. The zero-order valence-electron chi connectivity index (χ0n) is 8.42. The van der Waals surface area contributed by atoms with Crippen molar-refractivity contribution in [1.29, 1.82) is 0 Å². The standard InChI is InChI=1S/C10H13NO4/c1-14-10(13)7-2-3-11(4-7)8-5-15-6-9(8)12/h2-4,8-9,12H,5-6H2,1H3. The highest BCUT2D eigenvalue weighted by molar-refractivity contribution is 5.89. The van der Waals surface area contributed by atoms with Gasteiger partial charge in [0, 0.05) is 12.4 Å². The van der Waals surface area contributed by atoms with Crippen LogP contribution in [0.15, 0.2) is 18.5 Å². The Morgan fingerprint density at radius 2 is 2.47 bits per heavy atom. The Kier molecular flexibility index (Phi) is 2.75. The highest BCUT2D eigenvalue weighted by Crippen LogP contribution is 2.20. The summed E-state index contributed by atoms with van der Waals surface area (Å²) in [5, 5.41) is 9.59. The van der Waals surface area contributed by atoms with Gasteiger partial charge in [-0.25, -0.2) is 4.79 Å². The lowest BCUT2D eigenvalue weighted by Crippen LogP contribution is -2.20. The summed E-state index contributed by atoms with van der Waals surface area (Å²) < 4.78 is 11.5. The summed E-state index contributed by atoms with van der Waals surface area (Å²) in [7, 11) is 1.34. The molecule has 2 atom stereocenters. The summed E-state index contributed by atoms with van der Waals surface area (Å²) >= 11 is 0. The minimum absolute atomic E-state index is 0.108. The number of hydrogen-bond donors (Lipinski definition) is 1. The number of ether oxygens (including phenoxy) is 2. The van der Waals surface area contributed by atoms with Crippen LogP contribution in [0, 0.1) is 0 Å². The average Bonchev–Trinajstić information content (AvgIpc) is 2.84. The summed E-state index contributed by atoms with van der Waals surface area (Å²) in [6, 6.07) is 1.56. The van der Waals surface area contributed by atoms with Crippen molar-refractivity contribution >= 4 is 5.97 Å². The Morgan fingerprint density at radius 1 is 1.67 bits per heavy atom. The Bertz CT molecular complexity index is 360. The van der Waals surface area contributed by atoms with Crippen LogP contribution in [0.2, 0.25) is 0 Å². The molecule has 2 heterocycles. The summed E-state index contributed by atoms with van der Waals surface area (Å²) in [6.45, 7) is 0.812. The molecule has 1 aliphatic rings. The molecular weight excluding hydrogens is 198 g/mol. The molecule has 0 bridgehead atoms. The monoisotopic (exact) mass is 211 g/mol. The number of hydrogen-bond acceptors (Lipinski definition) is 4. The van der Waals surface area contributed by atoms with E-state index >= 15 is 0 Å². The van der Waals surface area contributed by atoms with Crippen LogP contribution < -0.4 is 0 Å². The quantitative estimate of drug-likeness (QED) is 0.710. The van der Waals surface area contributed by atoms with Crippen molar-refractivity contribution in [1.82, 2.24) is 4.57 Å². The summed E-state index contributed by atoms with van der Waals surface area (Å²) in [5.41, 5.74) is 0.483. The number of aliphatic hydroxyl groups is 1. The smallest absolute Gasteiger partial charge is 0.339 e. The number of aromatic nitrogens is 1. The highest BCUT2D eigenvalue weighted by Gasteiger charge is 2.27. The number of methoxy groups -OCH3 is 1. The number of nitrogens with zero attached hydrogens (tertiary/aromatic N) is 1. The van der Waals surface area contributed by atoms with Crippen molar-refractivity contribution in [3.63, 3.8) is 0 Å². The predicted octanol–water partition coefficient (Wildman–Crippen LogP) is 0.207. The molecule has 1 fully saturated rings. The second-order valence-corrected chi connectivity index (χ2v) is 3.51. The van der Waals surface area contributed by atoms with Gasteiger partial charge in [0.2, 0.25) is 0 Å². The van der Waals surface area contributed by atoms with Gasteiger partial charge in [0.05, 0.1) is 31.9 Å². The molecule has 1 aliphatic heterocycles. The minimum atomic E-state index is -0.511. The first kappa shape index (κ1) is 10.2. The van der Waals surface area contributed by atoms with Gasteiger partial charge < -0.3 is 19.1 Å². The van der Waals surface area contributed by atoms with Gasteiger partial charge in [-0.15, -0.1) is 0 Å². The van der Waals surface area contributed by atoms with Crippen LogP contribution in [-0.4, -0.2) is 42.1 Å². The van der Waals surface area contributed by atoms with Gasteiger partial charge in [-0.3, -0.25) is 0 Å². The topological polar surface area (TPSA) is 60.7 Å². The van der Waals surface area contributed by atoms with Crippen LogP contribution in [0.25, 0.3) is 0 Å². The van der Waals surface area contributed by atoms with Crippen molar-refractivity contribution in [3.8, 4) is 0 Å². The van der Waals surface area contributed by atoms with E-state index in [0.717, 1.165) is 0 Å². The maximum atomic E-state index is 11.2. The molecule has 0 amide bonds. The SMILES string of the molecule is COC(=O)c1ccn(C2COCC2O)c1. The van der Waals surface area contributed by atoms with Crippen molar-refractivity contribution in [2.45, 2.75) is 12.1 Å². The van der Waals surface area contributed by atoms with Crippen LogP contribution in [0.4, 0.5) is 0 Å². The van der Waals surface area contributed by atoms with E-state index < -0.39 is 6.10 Å². The molecule has 5 heteroatoms. The second kappa shape index (κ2) is 4.04. The maximum absolute atomic E-state index is 11.2. The second-order valence-electron chi connectivity index (χ2n) is 3.51. The van der Waals surface area contributed by atoms with E-state index in [9.17, 15) is 9.90 Å². The van der Waals surface area contributed by atoms with Gasteiger partial charge in [-0.2, -0.15) is 0 Å². The van der Waals surface area contributed by atoms with E-state index in [2.05, 4.69) is 4.74 Å². The fourth-order valence-electron chi connectivity index (χ4n) is 1.67. The van der Waals surface area contributed by atoms with Crippen LogP contribution in [0.5, 0.6) is 0 Å². The Balaban J connectivity index is 2.16. The average molecular weight is 211 g/mol. The lowest BCUT2D eigenvalue weighted by Gasteiger charge is -2.13. The third-order valence-corrected chi connectivity index (χ3v) is 2.54. The first-order valence-electron chi connectivity index (χ1n) is 4.74. The van der Waals surface area contributed by atoms with Gasteiger partial charge in [0.25, 0.3) is 0 Å². The van der Waals surface area contributed by atoms with Gasteiger partial charge in [-0.05, 0) is 6.07 Å². The molecule has 1 aromatic rings. The first-order valence-corrected chi connectivity index (χ1v) is 4.74. The minimum Gasteiger partial charge on any atom is -0.465 e. The molecule has 0 aliphatic carbocycles. The van der Waals surface area contributed by atoms with Crippen LogP contribution in [0.3, 0.4) is 0 Å². The Morgan fingerprint density at radius 3 is 3.07 bits per heavy atom. The largest absolute Gasteiger partial charge is 0.465 e. The molecule has 1 N–H and O–H groups in total. The van der Waals surface area contributed by atoms with Gasteiger partial charge >= 0.3 is 5.97 Å². The lowest BCUT2D eigenvalue weighted by atomic mass is 10.2. The van der Waals surface area contributed by atoms with E-state index in [1.54, 1.807) is 23.0 Å². The Labute approximate surface area is 87.2 Å². The van der Waals surface area contributed by atoms with Gasteiger partial charge in [0.15, 0.2) is 0 Å². The van der Waals surface area contributed by atoms with Crippen LogP contribution >= 0.6 is 0 Å². The van der Waals surface area contributed by atoms with E-state index in [0.29, 0.717) is 18.8 Å². The molecule has 1 aromatic heterocycles. The zero-order valence-corrected chi connectivity index (χ0v) is 8.42. The van der Waals surface area contributed by atoms with E-state index in [1.165, 1.54) is 7.11 Å². The van der Waals surface area contributed by atoms with Crippen molar-refractivity contribution in [2.24, 2.45) is 0 Å². The molecule has 2 rings (SSSR count). The molecule has 0 radical (unpaired) electrons. The molecule has 2 unspecified atom stereocenters. The van der Waals surface area contributed by atoms with E-state index in [4.69, 9.17) is 4.74 Å². The normalized spacial score (nSPS) is 25.5. The predicted molar refractivity (Wildman–Crippen MR) is 51.6 cm³/mol. The molecule has 1 saturated heterocycles. The molecule has 82 valence electrons. The summed E-state index contributed by atoms with van der Waals surface area (Å²) in [5.74, 6) is -0.373. The lowest BCUT2D eigenvalue weighted by molar-refractivity contribution is 0.0600. The number of carbonyl (C=O) groups excluding carboxylic acids is 1. The fraction of sp³-hybridized carbons (Fsp3) is 0.500. The third kappa shape index (κ3) is 1.88. The summed E-state index contributed by atoms with van der Waals surface area (Å²) in [4.78, 5) is 11.2. The fourth-order valence-corrected chi connectivity index (χ4v) is 1.67. The number of esters is 1. The van der Waals surface area contributed by atoms with Crippen molar-refractivity contribution in [2.75, 3.05) is 20.3 Å². The van der Waals surface area contributed by atoms with Crippen molar-refractivity contribution < 1.29 is 19.4 Å². The number of carbonyl (C=O) groups is 1. The zero-order chi connectivity index (χ0) is 10.8. The molecule has 0 spiro atoms. The first-order chi connectivity index (χ1) is 7.22. The van der Waals surface area contributed by atoms with Crippen molar-refractivity contribution in [3.05, 3.63) is 24.0 Å². The molecule has 0 aromatic carbocycles. The van der Waals surface area contributed by atoms with E-state index in [1.807, 2.05) is 0 Å². The Hall–Kier alpha value is -1.33. The summed E-state index contributed by atoms with van der Waals surface area (Å²) in [6.07, 6.45) is 2.89. The van der Waals surface area contributed by atoms with Gasteiger partial charge in [0.1, 0.15) is 6.10 Å². The molecule has 15 heavy (non-hydrogen) atoms. The van der Waals surface area contributed by atoms with E-state index in [-0.39, 0.29) is 12.0 Å². The number of rotatable bonds is 2. The van der Waals surface area contributed by atoms with Crippen LogP contribution in [-0.2, 0) is 9.47 Å². The molecular formula is C10H13NO4. The molecule has 0 saturated carbocycles. The van der Waals surface area contributed by atoms with Crippen LogP contribution in [0.1, 0.15) is 16.4 Å². The van der Waals surface area contributed by atoms with Gasteiger partial charge in [-0.1, -0.05) is 0 Å². The maximum Gasteiger partial charge on any atom is 0.339 e. The molecule has 5 nitrogen and oxygen atoms in total.